The van der Waals surface area contributed by atoms with Crippen molar-refractivity contribution < 1.29 is 9.90 Å². The molecule has 1 aromatic rings. The van der Waals surface area contributed by atoms with Crippen LogP contribution in [-0.2, 0) is 4.79 Å². The van der Waals surface area contributed by atoms with Crippen LogP contribution in [0.5, 0.6) is 0 Å². The van der Waals surface area contributed by atoms with Gasteiger partial charge in [0.2, 0.25) is 0 Å². The molecule has 1 aromatic carbocycles. The summed E-state index contributed by atoms with van der Waals surface area (Å²) >= 11 is 5.84. The highest BCUT2D eigenvalue weighted by atomic mass is 35.5. The maximum Gasteiger partial charge on any atom is 0.310 e. The van der Waals surface area contributed by atoms with Crippen LogP contribution in [0.3, 0.4) is 0 Å². The van der Waals surface area contributed by atoms with E-state index in [1.165, 1.54) is 0 Å². The van der Waals surface area contributed by atoms with E-state index in [9.17, 15) is 4.79 Å². The van der Waals surface area contributed by atoms with Crippen molar-refractivity contribution in [2.75, 3.05) is 0 Å². The molecule has 0 aliphatic heterocycles. The Morgan fingerprint density at radius 1 is 1.47 bits per heavy atom. The minimum atomic E-state index is -0.786. The summed E-state index contributed by atoms with van der Waals surface area (Å²) in [6, 6.07) is 7.07. The van der Waals surface area contributed by atoms with Crippen molar-refractivity contribution in [2.45, 2.75) is 26.2 Å². The summed E-state index contributed by atoms with van der Waals surface area (Å²) in [5.74, 6) is -0.889. The van der Waals surface area contributed by atoms with Crippen LogP contribution in [0.1, 0.15) is 31.7 Å². The standard InChI is InChI=1S/C12H15ClO2/c1-8(2)6-11(12(14)15)9-4-3-5-10(13)7-9/h3-5,7-8,11H,6H2,1-2H3,(H,14,15). The van der Waals surface area contributed by atoms with Crippen LogP contribution in [0.4, 0.5) is 0 Å². The maximum atomic E-state index is 11.1. The van der Waals surface area contributed by atoms with Gasteiger partial charge in [-0.3, -0.25) is 4.79 Å². The van der Waals surface area contributed by atoms with E-state index in [0.29, 0.717) is 17.4 Å². The van der Waals surface area contributed by atoms with Crippen molar-refractivity contribution in [3.05, 3.63) is 34.9 Å². The smallest absolute Gasteiger partial charge is 0.310 e. The highest BCUT2D eigenvalue weighted by Gasteiger charge is 2.20. The monoisotopic (exact) mass is 226 g/mol. The molecular weight excluding hydrogens is 212 g/mol. The molecule has 0 amide bonds. The normalized spacial score (nSPS) is 12.8. The Kier molecular flexibility index (Phi) is 4.15. The number of benzene rings is 1. The molecule has 0 saturated carbocycles. The summed E-state index contributed by atoms with van der Waals surface area (Å²) in [6.45, 7) is 4.03. The highest BCUT2D eigenvalue weighted by molar-refractivity contribution is 6.30. The Hall–Kier alpha value is -1.02. The van der Waals surface area contributed by atoms with Crippen LogP contribution in [0.2, 0.25) is 5.02 Å². The van der Waals surface area contributed by atoms with E-state index in [0.717, 1.165) is 5.56 Å². The third-order valence-corrected chi connectivity index (χ3v) is 2.49. The molecule has 2 nitrogen and oxygen atoms in total. The molecule has 0 aliphatic carbocycles. The lowest BCUT2D eigenvalue weighted by molar-refractivity contribution is -0.139. The molecular formula is C12H15ClO2. The Labute approximate surface area is 94.9 Å². The third kappa shape index (κ3) is 3.56. The van der Waals surface area contributed by atoms with E-state index in [1.54, 1.807) is 18.2 Å². The molecule has 0 fully saturated rings. The number of carboxylic acids is 1. The Morgan fingerprint density at radius 3 is 2.60 bits per heavy atom. The van der Waals surface area contributed by atoms with Gasteiger partial charge in [0.15, 0.2) is 0 Å². The van der Waals surface area contributed by atoms with E-state index in [1.807, 2.05) is 19.9 Å². The summed E-state index contributed by atoms with van der Waals surface area (Å²) in [5.41, 5.74) is 0.781. The van der Waals surface area contributed by atoms with E-state index in [4.69, 9.17) is 16.7 Å². The predicted octanol–water partition coefficient (Wildman–Crippen LogP) is 3.55. The molecule has 1 N–H and O–H groups in total. The summed E-state index contributed by atoms with van der Waals surface area (Å²) < 4.78 is 0. The third-order valence-electron chi connectivity index (χ3n) is 2.26. The van der Waals surface area contributed by atoms with Gasteiger partial charge in [-0.25, -0.2) is 0 Å². The van der Waals surface area contributed by atoms with Crippen LogP contribution in [-0.4, -0.2) is 11.1 Å². The quantitative estimate of drug-likeness (QED) is 0.853. The first-order valence-corrected chi connectivity index (χ1v) is 5.36. The van der Waals surface area contributed by atoms with Gasteiger partial charge in [-0.05, 0) is 30.0 Å². The van der Waals surface area contributed by atoms with Gasteiger partial charge in [-0.15, -0.1) is 0 Å². The molecule has 0 saturated heterocycles. The maximum absolute atomic E-state index is 11.1. The molecule has 0 heterocycles. The molecule has 0 aromatic heterocycles. The first kappa shape index (κ1) is 12.1. The van der Waals surface area contributed by atoms with Gasteiger partial charge in [-0.1, -0.05) is 37.6 Å². The van der Waals surface area contributed by atoms with Gasteiger partial charge in [0.25, 0.3) is 0 Å². The molecule has 15 heavy (non-hydrogen) atoms. The first-order chi connectivity index (χ1) is 7.00. The van der Waals surface area contributed by atoms with Gasteiger partial charge < -0.3 is 5.11 Å². The molecule has 82 valence electrons. The summed E-state index contributed by atoms with van der Waals surface area (Å²) in [7, 11) is 0. The lowest BCUT2D eigenvalue weighted by Gasteiger charge is -2.15. The second-order valence-electron chi connectivity index (χ2n) is 4.08. The molecule has 1 unspecified atom stereocenters. The molecule has 3 heteroatoms. The fraction of sp³-hybridized carbons (Fsp3) is 0.417. The van der Waals surface area contributed by atoms with Crippen LogP contribution in [0.25, 0.3) is 0 Å². The van der Waals surface area contributed by atoms with Crippen LogP contribution in [0, 0.1) is 5.92 Å². The zero-order valence-corrected chi connectivity index (χ0v) is 9.66. The van der Waals surface area contributed by atoms with Gasteiger partial charge in [0, 0.05) is 5.02 Å². The minimum Gasteiger partial charge on any atom is -0.481 e. The molecule has 1 atom stereocenters. The van der Waals surface area contributed by atoms with E-state index < -0.39 is 11.9 Å². The van der Waals surface area contributed by atoms with Gasteiger partial charge >= 0.3 is 5.97 Å². The first-order valence-electron chi connectivity index (χ1n) is 4.99. The molecule has 0 bridgehead atoms. The lowest BCUT2D eigenvalue weighted by atomic mass is 9.90. The Morgan fingerprint density at radius 2 is 2.13 bits per heavy atom. The molecule has 0 radical (unpaired) electrons. The van der Waals surface area contributed by atoms with E-state index >= 15 is 0 Å². The van der Waals surface area contributed by atoms with Gasteiger partial charge in [-0.2, -0.15) is 0 Å². The topological polar surface area (TPSA) is 37.3 Å². The highest BCUT2D eigenvalue weighted by Crippen LogP contribution is 2.26. The largest absolute Gasteiger partial charge is 0.481 e. The number of halogens is 1. The average molecular weight is 227 g/mol. The van der Waals surface area contributed by atoms with Crippen molar-refractivity contribution >= 4 is 17.6 Å². The second-order valence-corrected chi connectivity index (χ2v) is 4.51. The zero-order valence-electron chi connectivity index (χ0n) is 8.90. The number of hydrogen-bond donors (Lipinski definition) is 1. The van der Waals surface area contributed by atoms with Crippen LogP contribution >= 0.6 is 11.6 Å². The molecule has 1 rings (SSSR count). The zero-order chi connectivity index (χ0) is 11.4. The Bertz CT molecular complexity index is 347. The number of carboxylic acid groups (broad SMARTS) is 1. The summed E-state index contributed by atoms with van der Waals surface area (Å²) in [6.07, 6.45) is 0.635. The predicted molar refractivity (Wildman–Crippen MR) is 61.3 cm³/mol. The number of carbonyl (C=O) groups is 1. The number of hydrogen-bond acceptors (Lipinski definition) is 1. The van der Waals surface area contributed by atoms with Crippen LogP contribution < -0.4 is 0 Å². The molecule has 0 spiro atoms. The summed E-state index contributed by atoms with van der Waals surface area (Å²) in [4.78, 5) is 11.1. The molecule has 0 aliphatic rings. The van der Waals surface area contributed by atoms with Gasteiger partial charge in [0.1, 0.15) is 0 Å². The van der Waals surface area contributed by atoms with Gasteiger partial charge in [0.05, 0.1) is 5.92 Å². The fourth-order valence-electron chi connectivity index (χ4n) is 1.57. The second kappa shape index (κ2) is 5.17. The van der Waals surface area contributed by atoms with Crippen LogP contribution in [0.15, 0.2) is 24.3 Å². The van der Waals surface area contributed by atoms with Crippen molar-refractivity contribution in [3.8, 4) is 0 Å². The van der Waals surface area contributed by atoms with Crippen molar-refractivity contribution in [2.24, 2.45) is 5.92 Å². The van der Waals surface area contributed by atoms with Crippen molar-refractivity contribution in [3.63, 3.8) is 0 Å². The number of rotatable bonds is 4. The lowest BCUT2D eigenvalue weighted by Crippen LogP contribution is -2.13. The average Bonchev–Trinajstić information content (AvgIpc) is 2.13. The van der Waals surface area contributed by atoms with E-state index in [-0.39, 0.29) is 0 Å². The van der Waals surface area contributed by atoms with Crippen molar-refractivity contribution in [1.29, 1.82) is 0 Å². The minimum absolute atomic E-state index is 0.352. The number of aliphatic carboxylic acids is 1. The van der Waals surface area contributed by atoms with Crippen molar-refractivity contribution in [1.82, 2.24) is 0 Å². The van der Waals surface area contributed by atoms with E-state index in [2.05, 4.69) is 0 Å². The fourth-order valence-corrected chi connectivity index (χ4v) is 1.77. The SMILES string of the molecule is CC(C)CC(C(=O)O)c1cccc(Cl)c1. The Balaban J connectivity index is 2.94. The summed E-state index contributed by atoms with van der Waals surface area (Å²) in [5, 5.41) is 9.71.